The molecule has 3 rings (SSSR count). The Bertz CT molecular complexity index is 1120. The van der Waals surface area contributed by atoms with Crippen LogP contribution < -0.4 is 5.32 Å². The summed E-state index contributed by atoms with van der Waals surface area (Å²) in [6, 6.07) is 8.29. The van der Waals surface area contributed by atoms with E-state index in [1.54, 1.807) is 30.7 Å². The Morgan fingerprint density at radius 1 is 1.10 bits per heavy atom. The van der Waals surface area contributed by atoms with Crippen LogP contribution in [0.4, 0.5) is 5.69 Å². The molecule has 2 heterocycles. The molecule has 1 aromatic carbocycles. The number of anilines is 1. The first-order chi connectivity index (χ1) is 13.7. The summed E-state index contributed by atoms with van der Waals surface area (Å²) in [5.41, 5.74) is 2.97. The molecule has 2 aromatic heterocycles. The maximum atomic E-state index is 12.3. The van der Waals surface area contributed by atoms with E-state index >= 15 is 0 Å². The summed E-state index contributed by atoms with van der Waals surface area (Å²) in [5.74, 6) is 0.183. The molecule has 0 atom stereocenters. The lowest BCUT2D eigenvalue weighted by atomic mass is 10.1. The molecule has 29 heavy (non-hydrogen) atoms. The normalized spacial score (nSPS) is 11.6. The van der Waals surface area contributed by atoms with Gasteiger partial charge in [0.1, 0.15) is 0 Å². The van der Waals surface area contributed by atoms with Gasteiger partial charge in [-0.05, 0) is 51.5 Å². The van der Waals surface area contributed by atoms with Gasteiger partial charge in [-0.15, -0.1) is 0 Å². The van der Waals surface area contributed by atoms with Crippen molar-refractivity contribution in [3.05, 3.63) is 59.7 Å². The number of carbonyl (C=O) groups is 1. The van der Waals surface area contributed by atoms with Crippen molar-refractivity contribution >= 4 is 21.4 Å². The average Bonchev–Trinajstić information content (AvgIpc) is 3.00. The van der Waals surface area contributed by atoms with Crippen molar-refractivity contribution < 1.29 is 13.2 Å². The molecule has 0 aliphatic rings. The molecule has 0 fully saturated rings. The summed E-state index contributed by atoms with van der Waals surface area (Å²) < 4.78 is 26.0. The summed E-state index contributed by atoms with van der Waals surface area (Å²) in [7, 11) is -3.32. The van der Waals surface area contributed by atoms with Crippen LogP contribution in [0.15, 0.2) is 47.6 Å². The standard InChI is InChI=1S/C20H23N5O3S/c1-13(2)29(27,28)18-7-5-16(6-8-18)10-19(26)23-17-11-21-20(22-12-17)25-15(4)9-14(3)24-25/h5-9,11-13H,10H2,1-4H3,(H,23,26). The summed E-state index contributed by atoms with van der Waals surface area (Å²) >= 11 is 0. The zero-order valence-corrected chi connectivity index (χ0v) is 17.6. The quantitative estimate of drug-likeness (QED) is 0.666. The van der Waals surface area contributed by atoms with Crippen molar-refractivity contribution in [2.45, 2.75) is 44.3 Å². The monoisotopic (exact) mass is 413 g/mol. The van der Waals surface area contributed by atoms with Gasteiger partial charge < -0.3 is 5.32 Å². The van der Waals surface area contributed by atoms with Crippen molar-refractivity contribution in [1.29, 1.82) is 0 Å². The Labute approximate surface area is 169 Å². The number of aromatic nitrogens is 4. The van der Waals surface area contributed by atoms with Gasteiger partial charge in [0.05, 0.1) is 40.3 Å². The SMILES string of the molecule is Cc1cc(C)n(-c2ncc(NC(=O)Cc3ccc(S(=O)(=O)C(C)C)cc3)cn2)n1. The molecule has 0 aliphatic heterocycles. The van der Waals surface area contributed by atoms with Gasteiger partial charge in [-0.2, -0.15) is 5.10 Å². The highest BCUT2D eigenvalue weighted by Gasteiger charge is 2.19. The number of sulfone groups is 1. The van der Waals surface area contributed by atoms with Crippen molar-refractivity contribution in [2.75, 3.05) is 5.32 Å². The molecule has 9 heteroatoms. The highest BCUT2D eigenvalue weighted by atomic mass is 32.2. The second kappa shape index (κ2) is 8.12. The van der Waals surface area contributed by atoms with Crippen molar-refractivity contribution in [1.82, 2.24) is 19.7 Å². The molecule has 0 unspecified atom stereocenters. The van der Waals surface area contributed by atoms with Crippen LogP contribution in [0.2, 0.25) is 0 Å². The van der Waals surface area contributed by atoms with E-state index in [0.29, 0.717) is 17.2 Å². The first-order valence-electron chi connectivity index (χ1n) is 9.15. The van der Waals surface area contributed by atoms with E-state index < -0.39 is 15.1 Å². The third-order valence-corrected chi connectivity index (χ3v) is 6.53. The van der Waals surface area contributed by atoms with E-state index in [2.05, 4.69) is 20.4 Å². The molecule has 0 spiro atoms. The Morgan fingerprint density at radius 2 is 1.72 bits per heavy atom. The number of nitrogens with zero attached hydrogens (tertiary/aromatic N) is 4. The highest BCUT2D eigenvalue weighted by molar-refractivity contribution is 7.92. The van der Waals surface area contributed by atoms with Crippen LogP contribution >= 0.6 is 0 Å². The van der Waals surface area contributed by atoms with E-state index in [1.807, 2.05) is 19.9 Å². The summed E-state index contributed by atoms with van der Waals surface area (Å²) in [6.07, 6.45) is 3.16. The topological polar surface area (TPSA) is 107 Å². The number of rotatable bonds is 6. The predicted molar refractivity (Wildman–Crippen MR) is 110 cm³/mol. The van der Waals surface area contributed by atoms with E-state index in [0.717, 1.165) is 11.4 Å². The van der Waals surface area contributed by atoms with Gasteiger partial charge in [-0.1, -0.05) is 12.1 Å². The van der Waals surface area contributed by atoms with Gasteiger partial charge in [0.15, 0.2) is 9.84 Å². The van der Waals surface area contributed by atoms with Gasteiger partial charge in [0, 0.05) is 5.69 Å². The van der Waals surface area contributed by atoms with Crippen LogP contribution in [0.1, 0.15) is 30.8 Å². The third-order valence-electron chi connectivity index (χ3n) is 4.36. The van der Waals surface area contributed by atoms with Crippen molar-refractivity contribution in [3.8, 4) is 5.95 Å². The number of amides is 1. The molecular weight excluding hydrogens is 390 g/mol. The van der Waals surface area contributed by atoms with Crippen LogP contribution in [0.5, 0.6) is 0 Å². The Morgan fingerprint density at radius 3 is 2.24 bits per heavy atom. The third kappa shape index (κ3) is 4.68. The van der Waals surface area contributed by atoms with Gasteiger partial charge in [-0.3, -0.25) is 4.79 Å². The predicted octanol–water partition coefficient (Wildman–Crippen LogP) is 2.64. The fraction of sp³-hybridized carbons (Fsp3) is 0.300. The Kier molecular flexibility index (Phi) is 5.78. The molecule has 0 radical (unpaired) electrons. The molecule has 8 nitrogen and oxygen atoms in total. The molecule has 152 valence electrons. The molecule has 0 saturated heterocycles. The summed E-state index contributed by atoms with van der Waals surface area (Å²) in [4.78, 5) is 21.0. The maximum Gasteiger partial charge on any atom is 0.250 e. The zero-order chi connectivity index (χ0) is 21.2. The summed E-state index contributed by atoms with van der Waals surface area (Å²) in [5, 5.41) is 6.57. The van der Waals surface area contributed by atoms with Crippen LogP contribution in [-0.2, 0) is 21.1 Å². The van der Waals surface area contributed by atoms with Crippen LogP contribution in [0, 0.1) is 13.8 Å². The van der Waals surface area contributed by atoms with Crippen LogP contribution in [-0.4, -0.2) is 39.3 Å². The fourth-order valence-corrected chi connectivity index (χ4v) is 3.85. The number of hydrogen-bond donors (Lipinski definition) is 1. The molecule has 0 saturated carbocycles. The number of carbonyl (C=O) groups excluding carboxylic acids is 1. The number of nitrogens with one attached hydrogen (secondary N) is 1. The largest absolute Gasteiger partial charge is 0.323 e. The lowest BCUT2D eigenvalue weighted by Gasteiger charge is -2.09. The first-order valence-corrected chi connectivity index (χ1v) is 10.7. The van der Waals surface area contributed by atoms with E-state index in [-0.39, 0.29) is 17.2 Å². The van der Waals surface area contributed by atoms with Crippen molar-refractivity contribution in [2.24, 2.45) is 0 Å². The Balaban J connectivity index is 1.64. The molecule has 0 aliphatic carbocycles. The zero-order valence-electron chi connectivity index (χ0n) is 16.7. The number of aryl methyl sites for hydroxylation is 2. The molecule has 1 N–H and O–H groups in total. The first kappa shape index (κ1) is 20.7. The van der Waals surface area contributed by atoms with Gasteiger partial charge in [-0.25, -0.2) is 23.1 Å². The fourth-order valence-electron chi connectivity index (χ4n) is 2.79. The lowest BCUT2D eigenvalue weighted by molar-refractivity contribution is -0.115. The second-order valence-corrected chi connectivity index (χ2v) is 9.58. The van der Waals surface area contributed by atoms with E-state index in [4.69, 9.17) is 0 Å². The molecule has 0 bridgehead atoms. The van der Waals surface area contributed by atoms with Crippen molar-refractivity contribution in [3.63, 3.8) is 0 Å². The minimum absolute atomic E-state index is 0.112. The van der Waals surface area contributed by atoms with Gasteiger partial charge in [0.25, 0.3) is 5.95 Å². The number of benzene rings is 1. The van der Waals surface area contributed by atoms with Gasteiger partial charge >= 0.3 is 0 Å². The summed E-state index contributed by atoms with van der Waals surface area (Å²) in [6.45, 7) is 7.08. The maximum absolute atomic E-state index is 12.3. The second-order valence-electron chi connectivity index (χ2n) is 7.07. The minimum Gasteiger partial charge on any atom is -0.323 e. The highest BCUT2D eigenvalue weighted by Crippen LogP contribution is 2.17. The Hall–Kier alpha value is -3.07. The van der Waals surface area contributed by atoms with Crippen LogP contribution in [0.25, 0.3) is 5.95 Å². The minimum atomic E-state index is -3.32. The van der Waals surface area contributed by atoms with E-state index in [9.17, 15) is 13.2 Å². The number of hydrogen-bond acceptors (Lipinski definition) is 6. The molecule has 3 aromatic rings. The smallest absolute Gasteiger partial charge is 0.250 e. The average molecular weight is 414 g/mol. The van der Waals surface area contributed by atoms with E-state index in [1.165, 1.54) is 24.5 Å². The molecular formula is C20H23N5O3S. The molecule has 1 amide bonds. The van der Waals surface area contributed by atoms with Gasteiger partial charge in [0.2, 0.25) is 5.91 Å². The van der Waals surface area contributed by atoms with Crippen LogP contribution in [0.3, 0.4) is 0 Å². The lowest BCUT2D eigenvalue weighted by Crippen LogP contribution is -2.16.